The third-order valence-corrected chi connectivity index (χ3v) is 3.86. The second kappa shape index (κ2) is 6.18. The lowest BCUT2D eigenvalue weighted by Gasteiger charge is -2.25. The van der Waals surface area contributed by atoms with Gasteiger partial charge in [0.2, 0.25) is 0 Å². The number of halogens is 2. The van der Waals surface area contributed by atoms with Crippen molar-refractivity contribution < 1.29 is 4.39 Å². The van der Waals surface area contributed by atoms with E-state index >= 15 is 0 Å². The molecule has 3 nitrogen and oxygen atoms in total. The molecule has 0 unspecified atom stereocenters. The van der Waals surface area contributed by atoms with Gasteiger partial charge in [0.15, 0.2) is 5.96 Å². The summed E-state index contributed by atoms with van der Waals surface area (Å²) in [4.78, 5) is 4.20. The molecule has 98 valence electrons. The molecule has 0 atom stereocenters. The van der Waals surface area contributed by atoms with Gasteiger partial charge in [0.1, 0.15) is 5.82 Å². The first-order valence-electron chi connectivity index (χ1n) is 6.13. The fourth-order valence-corrected chi connectivity index (χ4v) is 2.06. The first-order valence-corrected chi connectivity index (χ1v) is 6.92. The van der Waals surface area contributed by atoms with E-state index in [-0.39, 0.29) is 5.82 Å². The van der Waals surface area contributed by atoms with Crippen molar-refractivity contribution in [3.05, 3.63) is 34.1 Å². The third kappa shape index (κ3) is 3.70. The Morgan fingerprint density at radius 2 is 2.28 bits per heavy atom. The van der Waals surface area contributed by atoms with Crippen LogP contribution in [-0.2, 0) is 6.54 Å². The van der Waals surface area contributed by atoms with Gasteiger partial charge in [-0.3, -0.25) is 0 Å². The molecule has 1 aliphatic carbocycles. The van der Waals surface area contributed by atoms with E-state index in [9.17, 15) is 4.39 Å². The number of nitrogens with zero attached hydrogens (tertiary/aromatic N) is 1. The first kappa shape index (κ1) is 13.3. The van der Waals surface area contributed by atoms with E-state index in [1.807, 2.05) is 6.07 Å². The molecule has 0 heterocycles. The summed E-state index contributed by atoms with van der Waals surface area (Å²) in [6, 6.07) is 4.97. The molecular weight excluding hydrogens is 297 g/mol. The highest BCUT2D eigenvalue weighted by atomic mass is 79.9. The molecule has 1 aliphatic rings. The number of nitrogens with two attached hydrogens (primary N) is 1. The van der Waals surface area contributed by atoms with Crippen LogP contribution in [0.2, 0.25) is 0 Å². The summed E-state index contributed by atoms with van der Waals surface area (Å²) in [5.41, 5.74) is 6.56. The molecule has 1 fully saturated rings. The van der Waals surface area contributed by atoms with E-state index in [0.717, 1.165) is 18.0 Å². The lowest BCUT2D eigenvalue weighted by Crippen LogP contribution is -2.37. The Labute approximate surface area is 115 Å². The van der Waals surface area contributed by atoms with Crippen molar-refractivity contribution in [1.29, 1.82) is 0 Å². The zero-order valence-electron chi connectivity index (χ0n) is 10.1. The van der Waals surface area contributed by atoms with E-state index in [4.69, 9.17) is 5.73 Å². The molecule has 0 aromatic heterocycles. The van der Waals surface area contributed by atoms with Crippen molar-refractivity contribution in [3.63, 3.8) is 0 Å². The topological polar surface area (TPSA) is 50.4 Å². The molecule has 2 rings (SSSR count). The van der Waals surface area contributed by atoms with E-state index in [1.54, 1.807) is 6.07 Å². The van der Waals surface area contributed by atoms with Gasteiger partial charge in [-0.25, -0.2) is 9.38 Å². The SMILES string of the molecule is NC(=NCc1ccc(Br)c(F)c1)NCC1CCC1. The Balaban J connectivity index is 1.82. The molecule has 5 heteroatoms. The normalized spacial score (nSPS) is 16.4. The summed E-state index contributed by atoms with van der Waals surface area (Å²) < 4.78 is 13.7. The molecule has 0 saturated heterocycles. The number of hydrogen-bond acceptors (Lipinski definition) is 1. The smallest absolute Gasteiger partial charge is 0.188 e. The number of rotatable bonds is 4. The minimum atomic E-state index is -0.274. The van der Waals surface area contributed by atoms with Gasteiger partial charge in [-0.2, -0.15) is 0 Å². The van der Waals surface area contributed by atoms with Crippen molar-refractivity contribution in [2.75, 3.05) is 6.54 Å². The zero-order valence-corrected chi connectivity index (χ0v) is 11.7. The third-order valence-electron chi connectivity index (χ3n) is 3.21. The summed E-state index contributed by atoms with van der Waals surface area (Å²) in [7, 11) is 0. The minimum absolute atomic E-state index is 0.274. The van der Waals surface area contributed by atoms with Crippen LogP contribution in [-0.4, -0.2) is 12.5 Å². The van der Waals surface area contributed by atoms with Crippen LogP contribution in [0.5, 0.6) is 0 Å². The largest absolute Gasteiger partial charge is 0.370 e. The van der Waals surface area contributed by atoms with Gasteiger partial charge < -0.3 is 11.1 Å². The van der Waals surface area contributed by atoms with Crippen LogP contribution in [0.25, 0.3) is 0 Å². The minimum Gasteiger partial charge on any atom is -0.370 e. The second-order valence-corrected chi connectivity index (χ2v) is 5.48. The monoisotopic (exact) mass is 313 g/mol. The molecule has 0 radical (unpaired) electrons. The maximum Gasteiger partial charge on any atom is 0.188 e. The summed E-state index contributed by atoms with van der Waals surface area (Å²) in [6.45, 7) is 1.29. The number of nitrogens with one attached hydrogen (secondary N) is 1. The van der Waals surface area contributed by atoms with E-state index in [2.05, 4.69) is 26.2 Å². The molecule has 1 saturated carbocycles. The Morgan fingerprint density at radius 3 is 2.89 bits per heavy atom. The molecule has 1 aromatic rings. The van der Waals surface area contributed by atoms with Crippen LogP contribution >= 0.6 is 15.9 Å². The van der Waals surface area contributed by atoms with Crippen molar-refractivity contribution in [3.8, 4) is 0 Å². The van der Waals surface area contributed by atoms with Crippen molar-refractivity contribution in [2.24, 2.45) is 16.6 Å². The number of guanidine groups is 1. The molecule has 0 bridgehead atoms. The van der Waals surface area contributed by atoms with Gasteiger partial charge >= 0.3 is 0 Å². The summed E-state index contributed by atoms with van der Waals surface area (Å²) >= 11 is 3.12. The fourth-order valence-electron chi connectivity index (χ4n) is 1.82. The molecule has 3 N–H and O–H groups in total. The lowest BCUT2D eigenvalue weighted by atomic mass is 9.85. The van der Waals surface area contributed by atoms with Crippen LogP contribution in [0.1, 0.15) is 24.8 Å². The Bertz CT molecular complexity index is 444. The molecule has 0 amide bonds. The summed E-state index contributed by atoms with van der Waals surface area (Å²) in [5, 5.41) is 3.11. The molecule has 0 aliphatic heterocycles. The Kier molecular flexibility index (Phi) is 4.58. The molecular formula is C13H17BrFN3. The second-order valence-electron chi connectivity index (χ2n) is 4.63. The molecule has 1 aromatic carbocycles. The van der Waals surface area contributed by atoms with E-state index in [0.29, 0.717) is 17.0 Å². The highest BCUT2D eigenvalue weighted by Crippen LogP contribution is 2.25. The van der Waals surface area contributed by atoms with Gasteiger partial charge in [0.25, 0.3) is 0 Å². The predicted octanol–water partition coefficient (Wildman–Crippen LogP) is 2.79. The van der Waals surface area contributed by atoms with Crippen LogP contribution in [0.3, 0.4) is 0 Å². The standard InChI is InChI=1S/C13H17BrFN3/c14-11-5-4-10(6-12(11)15)8-18-13(16)17-7-9-2-1-3-9/h4-6,9H,1-3,7-8H2,(H3,16,17,18). The van der Waals surface area contributed by atoms with Crippen molar-refractivity contribution in [1.82, 2.24) is 5.32 Å². The molecule has 0 spiro atoms. The van der Waals surface area contributed by atoms with Gasteiger partial charge in [-0.1, -0.05) is 12.5 Å². The summed E-state index contributed by atoms with van der Waals surface area (Å²) in [6.07, 6.45) is 3.87. The number of hydrogen-bond donors (Lipinski definition) is 2. The maximum atomic E-state index is 13.3. The van der Waals surface area contributed by atoms with Gasteiger partial charge in [-0.15, -0.1) is 0 Å². The van der Waals surface area contributed by atoms with E-state index in [1.165, 1.54) is 25.3 Å². The van der Waals surface area contributed by atoms with E-state index < -0.39 is 0 Å². The van der Waals surface area contributed by atoms with Crippen molar-refractivity contribution >= 4 is 21.9 Å². The Morgan fingerprint density at radius 1 is 1.50 bits per heavy atom. The van der Waals surface area contributed by atoms with Gasteiger partial charge in [0, 0.05) is 6.54 Å². The first-order chi connectivity index (χ1) is 8.65. The number of aliphatic imine (C=N–C) groups is 1. The lowest BCUT2D eigenvalue weighted by molar-refractivity contribution is 0.315. The average Bonchev–Trinajstić information content (AvgIpc) is 2.29. The zero-order chi connectivity index (χ0) is 13.0. The molecule has 18 heavy (non-hydrogen) atoms. The van der Waals surface area contributed by atoms with Crippen LogP contribution in [0.15, 0.2) is 27.7 Å². The Hall–Kier alpha value is -1.10. The van der Waals surface area contributed by atoms with Crippen LogP contribution in [0.4, 0.5) is 4.39 Å². The highest BCUT2D eigenvalue weighted by molar-refractivity contribution is 9.10. The maximum absolute atomic E-state index is 13.3. The van der Waals surface area contributed by atoms with Gasteiger partial charge in [-0.05, 0) is 52.4 Å². The number of benzene rings is 1. The quantitative estimate of drug-likeness (QED) is 0.663. The highest BCUT2D eigenvalue weighted by Gasteiger charge is 2.16. The predicted molar refractivity (Wildman–Crippen MR) is 74.8 cm³/mol. The van der Waals surface area contributed by atoms with Crippen LogP contribution in [0, 0.1) is 11.7 Å². The van der Waals surface area contributed by atoms with Gasteiger partial charge in [0.05, 0.1) is 11.0 Å². The fraction of sp³-hybridized carbons (Fsp3) is 0.462. The van der Waals surface area contributed by atoms with Crippen molar-refractivity contribution in [2.45, 2.75) is 25.8 Å². The van der Waals surface area contributed by atoms with Crippen LogP contribution < -0.4 is 11.1 Å². The summed E-state index contributed by atoms with van der Waals surface area (Å²) in [5.74, 6) is 0.901. The average molecular weight is 314 g/mol.